The van der Waals surface area contributed by atoms with Gasteiger partial charge in [-0.1, -0.05) is 0 Å². The highest BCUT2D eigenvalue weighted by Crippen LogP contribution is 2.11. The highest BCUT2D eigenvalue weighted by molar-refractivity contribution is 5.63. The van der Waals surface area contributed by atoms with Gasteiger partial charge in [-0.2, -0.15) is 5.01 Å². The predicted molar refractivity (Wildman–Crippen MR) is 37.7 cm³/mol. The summed E-state index contributed by atoms with van der Waals surface area (Å²) >= 11 is 0. The van der Waals surface area contributed by atoms with E-state index in [-0.39, 0.29) is 0 Å². The first kappa shape index (κ1) is 8.29. The second-order valence-corrected chi connectivity index (χ2v) is 2.59. The molecule has 0 saturated carbocycles. The third-order valence-corrected chi connectivity index (χ3v) is 1.71. The number of carboxylic acid groups (broad SMARTS) is 1. The molecular formula is C6H12N2O3. The lowest BCUT2D eigenvalue weighted by Crippen LogP contribution is -2.50. The Labute approximate surface area is 64.6 Å². The Balaban J connectivity index is 2.35. The van der Waals surface area contributed by atoms with Crippen molar-refractivity contribution in [2.24, 2.45) is 0 Å². The maximum atomic E-state index is 10.1. The molecule has 0 aromatic rings. The minimum absolute atomic E-state index is 0.591. The van der Waals surface area contributed by atoms with Gasteiger partial charge in [0.25, 0.3) is 0 Å². The number of aliphatic hydroxyl groups is 1. The van der Waals surface area contributed by atoms with Gasteiger partial charge in [0, 0.05) is 6.54 Å². The zero-order chi connectivity index (χ0) is 8.27. The van der Waals surface area contributed by atoms with Gasteiger partial charge in [0.1, 0.15) is 6.23 Å². The number of nitrogens with one attached hydrogen (secondary N) is 1. The second-order valence-electron chi connectivity index (χ2n) is 2.59. The molecule has 5 heteroatoms. The van der Waals surface area contributed by atoms with Crippen LogP contribution in [0.3, 0.4) is 0 Å². The molecule has 1 atom stereocenters. The summed E-state index contributed by atoms with van der Waals surface area (Å²) in [5.74, 6) is 0. The van der Waals surface area contributed by atoms with Crippen LogP contribution in [0.4, 0.5) is 4.79 Å². The lowest BCUT2D eigenvalue weighted by atomic mass is 10.1. The average molecular weight is 160 g/mol. The molecular weight excluding hydrogens is 148 g/mol. The molecule has 0 radical (unpaired) electrons. The number of amides is 1. The molecule has 1 unspecified atom stereocenters. The summed E-state index contributed by atoms with van der Waals surface area (Å²) < 4.78 is 0. The Morgan fingerprint density at radius 3 is 2.82 bits per heavy atom. The van der Waals surface area contributed by atoms with Gasteiger partial charge in [-0.15, -0.1) is 0 Å². The summed E-state index contributed by atoms with van der Waals surface area (Å²) in [7, 11) is 0. The van der Waals surface area contributed by atoms with Crippen LogP contribution in [0, 0.1) is 0 Å². The molecule has 3 N–H and O–H groups in total. The van der Waals surface area contributed by atoms with Crippen molar-refractivity contribution in [2.45, 2.75) is 25.5 Å². The van der Waals surface area contributed by atoms with Crippen molar-refractivity contribution >= 4 is 6.09 Å². The van der Waals surface area contributed by atoms with E-state index in [1.807, 2.05) is 0 Å². The maximum Gasteiger partial charge on any atom is 0.419 e. The van der Waals surface area contributed by atoms with Gasteiger partial charge in [0.05, 0.1) is 0 Å². The SMILES string of the molecule is O=C(O)NN1CCCCC1O. The summed E-state index contributed by atoms with van der Waals surface area (Å²) in [6.07, 6.45) is 0.752. The number of nitrogens with zero attached hydrogens (tertiary/aromatic N) is 1. The quantitative estimate of drug-likeness (QED) is 0.503. The number of hydrogen-bond donors (Lipinski definition) is 3. The third kappa shape index (κ3) is 2.36. The van der Waals surface area contributed by atoms with Crippen LogP contribution in [0.5, 0.6) is 0 Å². The molecule has 0 bridgehead atoms. The topological polar surface area (TPSA) is 72.8 Å². The van der Waals surface area contributed by atoms with Crippen molar-refractivity contribution in [2.75, 3.05) is 6.54 Å². The minimum Gasteiger partial charge on any atom is -0.464 e. The molecule has 5 nitrogen and oxygen atoms in total. The normalized spacial score (nSPS) is 26.5. The molecule has 0 spiro atoms. The van der Waals surface area contributed by atoms with Crippen molar-refractivity contribution in [3.63, 3.8) is 0 Å². The average Bonchev–Trinajstić information content (AvgIpc) is 1.93. The molecule has 0 aromatic heterocycles. The van der Waals surface area contributed by atoms with E-state index in [1.54, 1.807) is 0 Å². The van der Waals surface area contributed by atoms with Gasteiger partial charge in [-0.25, -0.2) is 4.79 Å². The van der Waals surface area contributed by atoms with Crippen molar-refractivity contribution in [3.8, 4) is 0 Å². The Morgan fingerprint density at radius 1 is 1.55 bits per heavy atom. The molecule has 0 aliphatic carbocycles. The zero-order valence-corrected chi connectivity index (χ0v) is 6.16. The Kier molecular flexibility index (Phi) is 2.67. The standard InChI is InChI=1S/C6H12N2O3/c9-5-3-1-2-4-8(5)7-6(10)11/h5,7,9H,1-4H2,(H,10,11). The second kappa shape index (κ2) is 3.54. The summed E-state index contributed by atoms with van der Waals surface area (Å²) in [5, 5.41) is 18.9. The molecule has 64 valence electrons. The van der Waals surface area contributed by atoms with E-state index in [0.717, 1.165) is 12.8 Å². The summed E-state index contributed by atoms with van der Waals surface area (Å²) in [6, 6.07) is 0. The Morgan fingerprint density at radius 2 is 2.27 bits per heavy atom. The number of aliphatic hydroxyl groups excluding tert-OH is 1. The first-order chi connectivity index (χ1) is 5.20. The highest BCUT2D eigenvalue weighted by Gasteiger charge is 2.20. The number of hydrogen-bond acceptors (Lipinski definition) is 3. The molecule has 1 aliphatic rings. The molecule has 1 rings (SSSR count). The van der Waals surface area contributed by atoms with Gasteiger partial charge in [-0.05, 0) is 19.3 Å². The number of piperidine rings is 1. The zero-order valence-electron chi connectivity index (χ0n) is 6.16. The van der Waals surface area contributed by atoms with Crippen molar-refractivity contribution in [3.05, 3.63) is 0 Å². The van der Waals surface area contributed by atoms with Crippen LogP contribution in [0.1, 0.15) is 19.3 Å². The smallest absolute Gasteiger partial charge is 0.419 e. The van der Waals surface area contributed by atoms with E-state index in [1.165, 1.54) is 5.01 Å². The van der Waals surface area contributed by atoms with Crippen molar-refractivity contribution < 1.29 is 15.0 Å². The fourth-order valence-electron chi connectivity index (χ4n) is 1.17. The van der Waals surface area contributed by atoms with E-state index in [9.17, 15) is 9.90 Å². The lowest BCUT2D eigenvalue weighted by Gasteiger charge is -2.30. The van der Waals surface area contributed by atoms with Gasteiger partial charge in [0.15, 0.2) is 0 Å². The van der Waals surface area contributed by atoms with Crippen LogP contribution in [0.25, 0.3) is 0 Å². The molecule has 1 aliphatic heterocycles. The first-order valence-corrected chi connectivity index (χ1v) is 3.64. The first-order valence-electron chi connectivity index (χ1n) is 3.64. The van der Waals surface area contributed by atoms with Gasteiger partial charge in [-0.3, -0.25) is 5.43 Å². The third-order valence-electron chi connectivity index (χ3n) is 1.71. The maximum absolute atomic E-state index is 10.1. The molecule has 1 amide bonds. The van der Waals surface area contributed by atoms with E-state index >= 15 is 0 Å². The number of carbonyl (C=O) groups is 1. The van der Waals surface area contributed by atoms with Crippen LogP contribution < -0.4 is 5.43 Å². The van der Waals surface area contributed by atoms with E-state index in [2.05, 4.69) is 5.43 Å². The highest BCUT2D eigenvalue weighted by atomic mass is 16.4. The van der Waals surface area contributed by atoms with Crippen LogP contribution in [0.15, 0.2) is 0 Å². The monoisotopic (exact) mass is 160 g/mol. The van der Waals surface area contributed by atoms with Crippen LogP contribution in [-0.2, 0) is 0 Å². The van der Waals surface area contributed by atoms with Crippen LogP contribution >= 0.6 is 0 Å². The van der Waals surface area contributed by atoms with Crippen molar-refractivity contribution in [1.82, 2.24) is 10.4 Å². The predicted octanol–water partition coefficient (Wildman–Crippen LogP) is -0.0267. The number of hydrazine groups is 1. The summed E-state index contributed by atoms with van der Waals surface area (Å²) in [5.41, 5.74) is 2.13. The van der Waals surface area contributed by atoms with Crippen LogP contribution in [0.2, 0.25) is 0 Å². The molecule has 1 heterocycles. The van der Waals surface area contributed by atoms with Gasteiger partial charge < -0.3 is 10.2 Å². The van der Waals surface area contributed by atoms with E-state index < -0.39 is 12.3 Å². The Hall–Kier alpha value is -0.810. The summed E-state index contributed by atoms with van der Waals surface area (Å²) in [6.45, 7) is 0.591. The number of rotatable bonds is 1. The van der Waals surface area contributed by atoms with Gasteiger partial charge >= 0.3 is 6.09 Å². The largest absolute Gasteiger partial charge is 0.464 e. The minimum atomic E-state index is -1.12. The molecule has 0 aromatic carbocycles. The van der Waals surface area contributed by atoms with E-state index in [0.29, 0.717) is 13.0 Å². The summed E-state index contributed by atoms with van der Waals surface area (Å²) in [4.78, 5) is 10.1. The Bertz CT molecular complexity index is 151. The molecule has 11 heavy (non-hydrogen) atoms. The molecule has 1 fully saturated rings. The molecule has 1 saturated heterocycles. The van der Waals surface area contributed by atoms with E-state index in [4.69, 9.17) is 5.11 Å². The lowest BCUT2D eigenvalue weighted by molar-refractivity contribution is -0.0515. The fraction of sp³-hybridized carbons (Fsp3) is 0.833. The van der Waals surface area contributed by atoms with Gasteiger partial charge in [0.2, 0.25) is 0 Å². The van der Waals surface area contributed by atoms with Crippen LogP contribution in [-0.4, -0.2) is 34.1 Å². The van der Waals surface area contributed by atoms with Crippen molar-refractivity contribution in [1.29, 1.82) is 0 Å². The fourth-order valence-corrected chi connectivity index (χ4v) is 1.17.